The van der Waals surface area contributed by atoms with Gasteiger partial charge in [-0.2, -0.15) is 0 Å². The fraction of sp³-hybridized carbons (Fsp3) is 0.800. The summed E-state index contributed by atoms with van der Waals surface area (Å²) in [5.74, 6) is 2.51. The second kappa shape index (κ2) is 8.06. The van der Waals surface area contributed by atoms with Crippen molar-refractivity contribution in [2.45, 2.75) is 26.1 Å². The van der Waals surface area contributed by atoms with E-state index in [-0.39, 0.29) is 12.2 Å². The second-order valence-electron chi connectivity index (χ2n) is 3.05. The smallest absolute Gasteiger partial charge is 0.0784 e. The van der Waals surface area contributed by atoms with Crippen LogP contribution < -0.4 is 5.32 Å². The highest BCUT2D eigenvalue weighted by Crippen LogP contribution is 1.97. The molecule has 2 unspecified atom stereocenters. The molecule has 3 nitrogen and oxygen atoms in total. The van der Waals surface area contributed by atoms with Crippen molar-refractivity contribution in [3.8, 4) is 12.3 Å². The van der Waals surface area contributed by atoms with E-state index in [9.17, 15) is 0 Å². The highest BCUT2D eigenvalue weighted by atomic mass is 16.5. The average Bonchev–Trinajstić information content (AvgIpc) is 2.05. The molecule has 0 spiro atoms. The molecule has 0 saturated heterocycles. The van der Waals surface area contributed by atoms with Gasteiger partial charge in [0.15, 0.2) is 0 Å². The van der Waals surface area contributed by atoms with E-state index in [0.29, 0.717) is 13.2 Å². The quantitative estimate of drug-likeness (QED) is 0.466. The summed E-state index contributed by atoms with van der Waals surface area (Å²) in [7, 11) is 1.67. The van der Waals surface area contributed by atoms with Crippen LogP contribution in [0.4, 0.5) is 0 Å². The lowest BCUT2D eigenvalue weighted by Crippen LogP contribution is -2.31. The number of methoxy groups -OCH3 is 1. The van der Waals surface area contributed by atoms with Crippen molar-refractivity contribution < 1.29 is 9.47 Å². The first-order valence-electron chi connectivity index (χ1n) is 4.49. The minimum Gasteiger partial charge on any atom is -0.382 e. The number of ether oxygens (including phenoxy) is 2. The molecule has 3 heteroatoms. The Morgan fingerprint density at radius 3 is 2.62 bits per heavy atom. The van der Waals surface area contributed by atoms with Crippen LogP contribution in [0.2, 0.25) is 0 Å². The maximum atomic E-state index is 5.58. The molecule has 0 fully saturated rings. The van der Waals surface area contributed by atoms with E-state index in [2.05, 4.69) is 11.2 Å². The summed E-state index contributed by atoms with van der Waals surface area (Å²) in [6.07, 6.45) is 5.39. The van der Waals surface area contributed by atoms with Crippen LogP contribution in [0.15, 0.2) is 0 Å². The van der Waals surface area contributed by atoms with Gasteiger partial charge in [-0.05, 0) is 13.8 Å². The number of nitrogens with one attached hydrogen (secondary N) is 1. The molecule has 0 aromatic heterocycles. The van der Waals surface area contributed by atoms with Crippen LogP contribution in [-0.2, 0) is 9.47 Å². The van der Waals surface area contributed by atoms with Gasteiger partial charge in [-0.15, -0.1) is 6.42 Å². The number of hydrogen-bond acceptors (Lipinski definition) is 3. The molecule has 0 rings (SSSR count). The number of terminal acetylenes is 1. The fourth-order valence-electron chi connectivity index (χ4n) is 1.07. The molecule has 2 atom stereocenters. The van der Waals surface area contributed by atoms with Gasteiger partial charge in [-0.1, -0.05) is 5.92 Å². The van der Waals surface area contributed by atoms with Crippen molar-refractivity contribution in [2.75, 3.05) is 26.8 Å². The Balaban J connectivity index is 3.38. The average molecular weight is 185 g/mol. The van der Waals surface area contributed by atoms with E-state index in [1.807, 2.05) is 13.8 Å². The molecule has 0 bridgehead atoms. The summed E-state index contributed by atoms with van der Waals surface area (Å²) >= 11 is 0. The van der Waals surface area contributed by atoms with E-state index in [4.69, 9.17) is 15.9 Å². The molecule has 1 N–H and O–H groups in total. The molecule has 0 aliphatic rings. The van der Waals surface area contributed by atoms with Crippen LogP contribution in [0.1, 0.15) is 13.8 Å². The highest BCUT2D eigenvalue weighted by molar-refractivity contribution is 4.86. The van der Waals surface area contributed by atoms with E-state index in [1.165, 1.54) is 0 Å². The maximum absolute atomic E-state index is 5.58. The van der Waals surface area contributed by atoms with E-state index in [0.717, 1.165) is 6.54 Å². The third kappa shape index (κ3) is 7.79. The van der Waals surface area contributed by atoms with Gasteiger partial charge in [-0.3, -0.25) is 0 Å². The van der Waals surface area contributed by atoms with Crippen LogP contribution >= 0.6 is 0 Å². The summed E-state index contributed by atoms with van der Waals surface area (Å²) in [4.78, 5) is 0. The van der Waals surface area contributed by atoms with Gasteiger partial charge in [0.1, 0.15) is 0 Å². The summed E-state index contributed by atoms with van der Waals surface area (Å²) in [5.41, 5.74) is 0. The summed E-state index contributed by atoms with van der Waals surface area (Å²) in [6, 6.07) is 0. The van der Waals surface area contributed by atoms with Crippen molar-refractivity contribution in [3.63, 3.8) is 0 Å². The highest BCUT2D eigenvalue weighted by Gasteiger charge is 2.06. The zero-order valence-corrected chi connectivity index (χ0v) is 8.67. The van der Waals surface area contributed by atoms with Crippen LogP contribution in [-0.4, -0.2) is 39.0 Å². The molecule has 0 heterocycles. The van der Waals surface area contributed by atoms with Crippen LogP contribution in [0.3, 0.4) is 0 Å². The Labute approximate surface area is 80.8 Å². The first-order chi connectivity index (χ1) is 6.20. The van der Waals surface area contributed by atoms with Crippen LogP contribution in [0, 0.1) is 12.3 Å². The molecule has 0 aromatic carbocycles. The van der Waals surface area contributed by atoms with Crippen LogP contribution in [0.25, 0.3) is 0 Å². The Morgan fingerprint density at radius 1 is 1.38 bits per heavy atom. The normalized spacial score (nSPS) is 14.9. The zero-order chi connectivity index (χ0) is 10.1. The molecule has 0 radical (unpaired) electrons. The predicted molar refractivity (Wildman–Crippen MR) is 53.6 cm³/mol. The van der Waals surface area contributed by atoms with Gasteiger partial charge in [0.25, 0.3) is 0 Å². The van der Waals surface area contributed by atoms with Crippen molar-refractivity contribution in [2.24, 2.45) is 0 Å². The molecule has 0 aliphatic carbocycles. The SMILES string of the molecule is C#CCNCC(C)OC(C)COC. The second-order valence-corrected chi connectivity index (χ2v) is 3.05. The van der Waals surface area contributed by atoms with Crippen molar-refractivity contribution in [1.29, 1.82) is 0 Å². The summed E-state index contributed by atoms with van der Waals surface area (Å²) in [6.45, 7) is 5.99. The number of hydrogen-bond donors (Lipinski definition) is 1. The Hall–Kier alpha value is -0.560. The molecular weight excluding hydrogens is 166 g/mol. The molecule has 0 amide bonds. The predicted octanol–water partition coefficient (Wildman–Crippen LogP) is 0.649. The van der Waals surface area contributed by atoms with E-state index in [1.54, 1.807) is 7.11 Å². The molecule has 76 valence electrons. The first kappa shape index (κ1) is 12.4. The molecule has 0 aliphatic heterocycles. The standard InChI is InChI=1S/C10H19NO2/c1-5-6-11-7-9(2)13-10(3)8-12-4/h1,9-11H,6-8H2,2-4H3. The molecule has 0 saturated carbocycles. The lowest BCUT2D eigenvalue weighted by atomic mass is 10.3. The Bertz CT molecular complexity index is 153. The van der Waals surface area contributed by atoms with Crippen molar-refractivity contribution in [3.05, 3.63) is 0 Å². The third-order valence-electron chi connectivity index (χ3n) is 1.52. The van der Waals surface area contributed by atoms with E-state index < -0.39 is 0 Å². The monoisotopic (exact) mass is 185 g/mol. The minimum absolute atomic E-state index is 0.132. The lowest BCUT2D eigenvalue weighted by Gasteiger charge is -2.18. The van der Waals surface area contributed by atoms with Gasteiger partial charge >= 0.3 is 0 Å². The van der Waals surface area contributed by atoms with Crippen molar-refractivity contribution >= 4 is 0 Å². The van der Waals surface area contributed by atoms with Gasteiger partial charge in [0.05, 0.1) is 25.4 Å². The zero-order valence-electron chi connectivity index (χ0n) is 8.67. The van der Waals surface area contributed by atoms with Gasteiger partial charge < -0.3 is 14.8 Å². The topological polar surface area (TPSA) is 30.5 Å². The Kier molecular flexibility index (Phi) is 7.71. The largest absolute Gasteiger partial charge is 0.382 e. The van der Waals surface area contributed by atoms with E-state index >= 15 is 0 Å². The van der Waals surface area contributed by atoms with Gasteiger partial charge in [0.2, 0.25) is 0 Å². The molecule has 0 aromatic rings. The maximum Gasteiger partial charge on any atom is 0.0784 e. The number of rotatable bonds is 7. The lowest BCUT2D eigenvalue weighted by molar-refractivity contribution is -0.0296. The van der Waals surface area contributed by atoms with Gasteiger partial charge in [0, 0.05) is 13.7 Å². The fourth-order valence-corrected chi connectivity index (χ4v) is 1.07. The van der Waals surface area contributed by atoms with Gasteiger partial charge in [-0.25, -0.2) is 0 Å². The Morgan fingerprint density at radius 2 is 2.08 bits per heavy atom. The third-order valence-corrected chi connectivity index (χ3v) is 1.52. The van der Waals surface area contributed by atoms with Crippen molar-refractivity contribution in [1.82, 2.24) is 5.32 Å². The first-order valence-corrected chi connectivity index (χ1v) is 4.49. The summed E-state index contributed by atoms with van der Waals surface area (Å²) in [5, 5.41) is 3.08. The molecular formula is C10H19NO2. The van der Waals surface area contributed by atoms with Crippen LogP contribution in [0.5, 0.6) is 0 Å². The summed E-state index contributed by atoms with van der Waals surface area (Å²) < 4.78 is 10.5. The minimum atomic E-state index is 0.132. The molecule has 13 heavy (non-hydrogen) atoms.